The van der Waals surface area contributed by atoms with Crippen LogP contribution >= 0.6 is 11.8 Å². The summed E-state index contributed by atoms with van der Waals surface area (Å²) in [6, 6.07) is 13.2. The van der Waals surface area contributed by atoms with Crippen molar-refractivity contribution in [1.29, 1.82) is 0 Å². The zero-order valence-corrected chi connectivity index (χ0v) is 11.5. The van der Waals surface area contributed by atoms with Gasteiger partial charge in [-0.05, 0) is 24.3 Å². The van der Waals surface area contributed by atoms with Crippen molar-refractivity contribution in [3.8, 4) is 0 Å². The normalized spacial score (nSPS) is 10.7. The number of benzene rings is 2. The van der Waals surface area contributed by atoms with Crippen LogP contribution in [0.2, 0.25) is 0 Å². The van der Waals surface area contributed by atoms with Crippen LogP contribution in [-0.2, 0) is 0 Å². The van der Waals surface area contributed by atoms with E-state index in [1.807, 2.05) is 12.1 Å². The van der Waals surface area contributed by atoms with Gasteiger partial charge < -0.3 is 5.11 Å². The second kappa shape index (κ2) is 5.49. The molecule has 1 heterocycles. The van der Waals surface area contributed by atoms with Gasteiger partial charge in [-0.2, -0.15) is 0 Å². The van der Waals surface area contributed by atoms with E-state index in [2.05, 4.69) is 9.97 Å². The van der Waals surface area contributed by atoms with Crippen LogP contribution in [0.1, 0.15) is 10.6 Å². The summed E-state index contributed by atoms with van der Waals surface area (Å²) in [6.45, 7) is 0. The van der Waals surface area contributed by atoms with Crippen molar-refractivity contribution in [1.82, 2.24) is 9.97 Å². The van der Waals surface area contributed by atoms with Crippen LogP contribution in [-0.4, -0.2) is 21.0 Å². The zero-order chi connectivity index (χ0) is 14.8. The molecule has 3 rings (SSSR count). The molecule has 104 valence electrons. The molecule has 0 aliphatic heterocycles. The molecule has 0 unspecified atom stereocenters. The average Bonchev–Trinajstić information content (AvgIpc) is 2.47. The number of carbonyl (C=O) groups is 1. The molecule has 0 amide bonds. The van der Waals surface area contributed by atoms with Crippen molar-refractivity contribution < 1.29 is 14.3 Å². The van der Waals surface area contributed by atoms with Crippen LogP contribution in [0.5, 0.6) is 0 Å². The number of carboxylic acid groups (broad SMARTS) is 1. The third-order valence-electron chi connectivity index (χ3n) is 2.77. The molecule has 1 aromatic heterocycles. The standard InChI is InChI=1S/C15H9FN2O2S/c16-9-4-3-5-10(8-9)21-14-11-6-1-2-7-12(11)17-13(18-14)15(19)20/h1-8H,(H,19,20). The Balaban J connectivity index is 2.13. The second-order valence-electron chi connectivity index (χ2n) is 4.23. The van der Waals surface area contributed by atoms with Gasteiger partial charge in [-0.3, -0.25) is 0 Å². The van der Waals surface area contributed by atoms with E-state index in [1.165, 1.54) is 23.9 Å². The maximum atomic E-state index is 13.3. The van der Waals surface area contributed by atoms with Crippen molar-refractivity contribution in [2.75, 3.05) is 0 Å². The van der Waals surface area contributed by atoms with E-state index >= 15 is 0 Å². The number of para-hydroxylation sites is 1. The van der Waals surface area contributed by atoms with Gasteiger partial charge in [0.1, 0.15) is 10.8 Å². The predicted molar refractivity (Wildman–Crippen MR) is 77.0 cm³/mol. The van der Waals surface area contributed by atoms with Gasteiger partial charge in [-0.15, -0.1) is 0 Å². The Labute approximate surface area is 123 Å². The molecule has 0 aliphatic carbocycles. The van der Waals surface area contributed by atoms with E-state index in [0.717, 1.165) is 5.39 Å². The summed E-state index contributed by atoms with van der Waals surface area (Å²) in [5.41, 5.74) is 0.545. The maximum Gasteiger partial charge on any atom is 0.373 e. The lowest BCUT2D eigenvalue weighted by molar-refractivity contribution is 0.0683. The van der Waals surface area contributed by atoms with Crippen molar-refractivity contribution in [3.05, 3.63) is 60.2 Å². The molecule has 0 saturated heterocycles. The summed E-state index contributed by atoms with van der Waals surface area (Å²) in [7, 11) is 0. The third-order valence-corrected chi connectivity index (χ3v) is 3.76. The van der Waals surface area contributed by atoms with Gasteiger partial charge in [0.15, 0.2) is 0 Å². The summed E-state index contributed by atoms with van der Waals surface area (Å²) in [5.74, 6) is -1.81. The first kappa shape index (κ1) is 13.5. The van der Waals surface area contributed by atoms with Crippen LogP contribution in [0.3, 0.4) is 0 Å². The van der Waals surface area contributed by atoms with E-state index in [0.29, 0.717) is 15.4 Å². The number of aromatic nitrogens is 2. The average molecular weight is 300 g/mol. The first-order chi connectivity index (χ1) is 10.1. The minimum Gasteiger partial charge on any atom is -0.475 e. The zero-order valence-electron chi connectivity index (χ0n) is 10.7. The number of rotatable bonds is 3. The van der Waals surface area contributed by atoms with Gasteiger partial charge in [0.25, 0.3) is 0 Å². The number of fused-ring (bicyclic) bond motifs is 1. The molecule has 0 atom stereocenters. The highest BCUT2D eigenvalue weighted by Gasteiger charge is 2.13. The molecular weight excluding hydrogens is 291 g/mol. The number of hydrogen-bond donors (Lipinski definition) is 1. The predicted octanol–water partition coefficient (Wildman–Crippen LogP) is 3.62. The topological polar surface area (TPSA) is 63.1 Å². The van der Waals surface area contributed by atoms with Gasteiger partial charge >= 0.3 is 5.97 Å². The van der Waals surface area contributed by atoms with Crippen molar-refractivity contribution in [3.63, 3.8) is 0 Å². The maximum absolute atomic E-state index is 13.3. The summed E-state index contributed by atoms with van der Waals surface area (Å²) in [6.07, 6.45) is 0. The lowest BCUT2D eigenvalue weighted by Crippen LogP contribution is -2.05. The highest BCUT2D eigenvalue weighted by atomic mass is 32.2. The summed E-state index contributed by atoms with van der Waals surface area (Å²) in [5, 5.41) is 10.3. The van der Waals surface area contributed by atoms with Gasteiger partial charge in [0.2, 0.25) is 5.82 Å². The lowest BCUT2D eigenvalue weighted by atomic mass is 10.2. The SMILES string of the molecule is O=C(O)c1nc(Sc2cccc(F)c2)c2ccccc2n1. The highest BCUT2D eigenvalue weighted by Crippen LogP contribution is 2.31. The molecule has 1 N–H and O–H groups in total. The Morgan fingerprint density at radius 2 is 1.90 bits per heavy atom. The van der Waals surface area contributed by atoms with Gasteiger partial charge in [0, 0.05) is 10.3 Å². The Hall–Kier alpha value is -2.47. The van der Waals surface area contributed by atoms with Gasteiger partial charge in [-0.25, -0.2) is 19.2 Å². The lowest BCUT2D eigenvalue weighted by Gasteiger charge is -2.06. The smallest absolute Gasteiger partial charge is 0.373 e. The summed E-state index contributed by atoms with van der Waals surface area (Å²) in [4.78, 5) is 19.8. The fraction of sp³-hybridized carbons (Fsp3) is 0. The number of nitrogens with zero attached hydrogens (tertiary/aromatic N) is 2. The van der Waals surface area contributed by atoms with Crippen LogP contribution in [0.15, 0.2) is 58.5 Å². The van der Waals surface area contributed by atoms with Gasteiger partial charge in [-0.1, -0.05) is 36.0 Å². The Morgan fingerprint density at radius 1 is 1.10 bits per heavy atom. The first-order valence-corrected chi connectivity index (χ1v) is 6.88. The molecule has 0 spiro atoms. The number of carboxylic acids is 1. The van der Waals surface area contributed by atoms with E-state index < -0.39 is 5.97 Å². The van der Waals surface area contributed by atoms with Crippen molar-refractivity contribution >= 4 is 28.6 Å². The third kappa shape index (κ3) is 2.85. The van der Waals surface area contributed by atoms with E-state index in [1.54, 1.807) is 24.3 Å². The molecule has 4 nitrogen and oxygen atoms in total. The fourth-order valence-corrected chi connectivity index (χ4v) is 2.82. The van der Waals surface area contributed by atoms with Crippen LogP contribution in [0.25, 0.3) is 10.9 Å². The monoisotopic (exact) mass is 300 g/mol. The van der Waals surface area contributed by atoms with Crippen LogP contribution in [0, 0.1) is 5.82 Å². The highest BCUT2D eigenvalue weighted by molar-refractivity contribution is 7.99. The Morgan fingerprint density at radius 3 is 2.67 bits per heavy atom. The molecule has 3 aromatic rings. The minimum atomic E-state index is -1.19. The molecule has 21 heavy (non-hydrogen) atoms. The van der Waals surface area contributed by atoms with E-state index in [4.69, 9.17) is 5.11 Å². The van der Waals surface area contributed by atoms with E-state index in [9.17, 15) is 9.18 Å². The molecule has 0 fully saturated rings. The summed E-state index contributed by atoms with van der Waals surface area (Å²) < 4.78 is 13.3. The van der Waals surface area contributed by atoms with Gasteiger partial charge in [0.05, 0.1) is 5.52 Å². The Bertz CT molecular complexity index is 839. The minimum absolute atomic E-state index is 0.271. The largest absolute Gasteiger partial charge is 0.475 e. The molecule has 6 heteroatoms. The van der Waals surface area contributed by atoms with E-state index in [-0.39, 0.29) is 11.6 Å². The second-order valence-corrected chi connectivity index (χ2v) is 5.30. The molecule has 0 radical (unpaired) electrons. The quantitative estimate of drug-likeness (QED) is 0.748. The van der Waals surface area contributed by atoms with Crippen LogP contribution in [0.4, 0.5) is 4.39 Å². The summed E-state index contributed by atoms with van der Waals surface area (Å²) >= 11 is 1.21. The molecular formula is C15H9FN2O2S. The first-order valence-electron chi connectivity index (χ1n) is 6.07. The number of halogens is 1. The van der Waals surface area contributed by atoms with Crippen molar-refractivity contribution in [2.45, 2.75) is 9.92 Å². The Kier molecular flexibility index (Phi) is 3.53. The molecule has 0 saturated carbocycles. The van der Waals surface area contributed by atoms with Crippen LogP contribution < -0.4 is 0 Å². The molecule has 2 aromatic carbocycles. The molecule has 0 aliphatic rings. The molecule has 0 bridgehead atoms. The fourth-order valence-electron chi connectivity index (χ4n) is 1.86. The number of aromatic carboxylic acids is 1. The number of hydrogen-bond acceptors (Lipinski definition) is 4. The van der Waals surface area contributed by atoms with Crippen molar-refractivity contribution in [2.24, 2.45) is 0 Å².